The van der Waals surface area contributed by atoms with Gasteiger partial charge in [-0.1, -0.05) is 20.3 Å². The van der Waals surface area contributed by atoms with Crippen LogP contribution in [0.15, 0.2) is 11.8 Å². The lowest BCUT2D eigenvalue weighted by Crippen LogP contribution is -2.38. The Balaban J connectivity index is 2.47. The summed E-state index contributed by atoms with van der Waals surface area (Å²) in [5.41, 5.74) is 4.21. The molecule has 0 aliphatic carbocycles. The SMILES string of the molecule is CCC(C)CC(NN)C1=COCCC1. The highest BCUT2D eigenvalue weighted by Gasteiger charge is 2.17. The lowest BCUT2D eigenvalue weighted by molar-refractivity contribution is 0.217. The van der Waals surface area contributed by atoms with Gasteiger partial charge in [0, 0.05) is 6.04 Å². The summed E-state index contributed by atoms with van der Waals surface area (Å²) in [5, 5.41) is 0. The Bertz CT molecular complexity index is 192. The van der Waals surface area contributed by atoms with E-state index in [0.717, 1.165) is 25.9 Å². The maximum atomic E-state index is 5.56. The monoisotopic (exact) mass is 198 g/mol. The standard InChI is InChI=1S/C11H22N2O/c1-3-9(2)7-11(13-12)10-5-4-6-14-8-10/h8-9,11,13H,3-7,12H2,1-2H3. The van der Waals surface area contributed by atoms with Gasteiger partial charge in [0.15, 0.2) is 0 Å². The zero-order chi connectivity index (χ0) is 10.4. The van der Waals surface area contributed by atoms with Crippen LogP contribution in [0.1, 0.15) is 39.5 Å². The molecule has 0 saturated heterocycles. The van der Waals surface area contributed by atoms with Crippen molar-refractivity contribution in [3.05, 3.63) is 11.8 Å². The quantitative estimate of drug-likeness (QED) is 0.524. The molecule has 3 N–H and O–H groups in total. The van der Waals surface area contributed by atoms with Crippen LogP contribution in [-0.4, -0.2) is 12.6 Å². The lowest BCUT2D eigenvalue weighted by Gasteiger charge is -2.24. The van der Waals surface area contributed by atoms with Crippen molar-refractivity contribution >= 4 is 0 Å². The van der Waals surface area contributed by atoms with Gasteiger partial charge in [-0.15, -0.1) is 0 Å². The summed E-state index contributed by atoms with van der Waals surface area (Å²) < 4.78 is 5.32. The molecule has 0 spiro atoms. The van der Waals surface area contributed by atoms with Crippen molar-refractivity contribution < 1.29 is 4.74 Å². The number of hydrazine groups is 1. The summed E-state index contributed by atoms with van der Waals surface area (Å²) in [5.74, 6) is 6.27. The highest BCUT2D eigenvalue weighted by atomic mass is 16.5. The van der Waals surface area contributed by atoms with Gasteiger partial charge in [-0.05, 0) is 30.8 Å². The second kappa shape index (κ2) is 6.04. The first-order valence-corrected chi connectivity index (χ1v) is 5.54. The van der Waals surface area contributed by atoms with E-state index in [9.17, 15) is 0 Å². The molecule has 3 nitrogen and oxygen atoms in total. The smallest absolute Gasteiger partial charge is 0.0876 e. The van der Waals surface area contributed by atoms with E-state index in [1.54, 1.807) is 0 Å². The van der Waals surface area contributed by atoms with Crippen LogP contribution in [0, 0.1) is 5.92 Å². The van der Waals surface area contributed by atoms with Crippen LogP contribution in [0.2, 0.25) is 0 Å². The number of nitrogens with two attached hydrogens (primary N) is 1. The first-order chi connectivity index (χ1) is 6.77. The topological polar surface area (TPSA) is 47.3 Å². The van der Waals surface area contributed by atoms with Crippen LogP contribution in [0.5, 0.6) is 0 Å². The van der Waals surface area contributed by atoms with Crippen molar-refractivity contribution in [2.24, 2.45) is 11.8 Å². The molecule has 1 aliphatic heterocycles. The van der Waals surface area contributed by atoms with Gasteiger partial charge in [0.1, 0.15) is 0 Å². The number of hydrogen-bond donors (Lipinski definition) is 2. The molecule has 0 bridgehead atoms. The van der Waals surface area contributed by atoms with Gasteiger partial charge in [-0.25, -0.2) is 0 Å². The van der Waals surface area contributed by atoms with Crippen LogP contribution < -0.4 is 11.3 Å². The molecule has 0 saturated carbocycles. The van der Waals surface area contributed by atoms with Crippen LogP contribution in [0.4, 0.5) is 0 Å². The summed E-state index contributed by atoms with van der Waals surface area (Å²) >= 11 is 0. The van der Waals surface area contributed by atoms with Crippen molar-refractivity contribution in [3.8, 4) is 0 Å². The fourth-order valence-corrected chi connectivity index (χ4v) is 1.74. The Morgan fingerprint density at radius 2 is 2.43 bits per heavy atom. The van der Waals surface area contributed by atoms with E-state index in [1.165, 1.54) is 12.0 Å². The van der Waals surface area contributed by atoms with Crippen LogP contribution >= 0.6 is 0 Å². The Morgan fingerprint density at radius 3 is 2.93 bits per heavy atom. The second-order valence-electron chi connectivity index (χ2n) is 4.14. The Morgan fingerprint density at radius 1 is 1.64 bits per heavy atom. The molecule has 0 amide bonds. The average Bonchev–Trinajstić information content (AvgIpc) is 2.26. The molecule has 0 aromatic rings. The molecular formula is C11H22N2O. The summed E-state index contributed by atoms with van der Waals surface area (Å²) in [7, 11) is 0. The lowest BCUT2D eigenvalue weighted by atomic mass is 9.92. The van der Waals surface area contributed by atoms with Gasteiger partial charge in [0.05, 0.1) is 12.9 Å². The molecule has 0 radical (unpaired) electrons. The predicted octanol–water partition coefficient (Wildman–Crippen LogP) is 1.95. The number of rotatable bonds is 5. The summed E-state index contributed by atoms with van der Waals surface area (Å²) in [6.07, 6.45) is 6.42. The minimum Gasteiger partial charge on any atom is -0.501 e. The zero-order valence-corrected chi connectivity index (χ0v) is 9.25. The van der Waals surface area contributed by atoms with Crippen molar-refractivity contribution in [3.63, 3.8) is 0 Å². The summed E-state index contributed by atoms with van der Waals surface area (Å²) in [4.78, 5) is 0. The summed E-state index contributed by atoms with van der Waals surface area (Å²) in [6, 6.07) is 0.297. The van der Waals surface area contributed by atoms with Crippen molar-refractivity contribution in [1.29, 1.82) is 0 Å². The van der Waals surface area contributed by atoms with Crippen molar-refractivity contribution in [2.45, 2.75) is 45.6 Å². The maximum Gasteiger partial charge on any atom is 0.0876 e. The molecule has 0 aromatic heterocycles. The van der Waals surface area contributed by atoms with Crippen LogP contribution in [-0.2, 0) is 4.74 Å². The van der Waals surface area contributed by atoms with Crippen LogP contribution in [0.25, 0.3) is 0 Å². The molecule has 14 heavy (non-hydrogen) atoms. The third kappa shape index (κ3) is 3.31. The molecule has 1 rings (SSSR count). The van der Waals surface area contributed by atoms with Gasteiger partial charge in [-0.2, -0.15) is 0 Å². The predicted molar refractivity (Wildman–Crippen MR) is 58.5 cm³/mol. The van der Waals surface area contributed by atoms with Gasteiger partial charge in [0.2, 0.25) is 0 Å². The molecule has 1 heterocycles. The second-order valence-corrected chi connectivity index (χ2v) is 4.14. The zero-order valence-electron chi connectivity index (χ0n) is 9.25. The van der Waals surface area contributed by atoms with E-state index in [-0.39, 0.29) is 0 Å². The van der Waals surface area contributed by atoms with Crippen molar-refractivity contribution in [2.75, 3.05) is 6.61 Å². The molecule has 2 unspecified atom stereocenters. The van der Waals surface area contributed by atoms with E-state index in [4.69, 9.17) is 10.6 Å². The molecular weight excluding hydrogens is 176 g/mol. The van der Waals surface area contributed by atoms with Gasteiger partial charge < -0.3 is 4.74 Å². The minimum atomic E-state index is 0.297. The third-order valence-electron chi connectivity index (χ3n) is 2.95. The average molecular weight is 198 g/mol. The molecule has 82 valence electrons. The third-order valence-corrected chi connectivity index (χ3v) is 2.95. The first-order valence-electron chi connectivity index (χ1n) is 5.54. The van der Waals surface area contributed by atoms with Gasteiger partial charge >= 0.3 is 0 Å². The number of nitrogens with one attached hydrogen (secondary N) is 1. The van der Waals surface area contributed by atoms with Gasteiger partial charge in [0.25, 0.3) is 0 Å². The van der Waals surface area contributed by atoms with E-state index in [0.29, 0.717) is 12.0 Å². The largest absolute Gasteiger partial charge is 0.501 e. The number of hydrogen-bond acceptors (Lipinski definition) is 3. The van der Waals surface area contributed by atoms with Gasteiger partial charge in [-0.3, -0.25) is 11.3 Å². The van der Waals surface area contributed by atoms with E-state index < -0.39 is 0 Å². The van der Waals surface area contributed by atoms with Crippen LogP contribution in [0.3, 0.4) is 0 Å². The fourth-order valence-electron chi connectivity index (χ4n) is 1.74. The number of ether oxygens (including phenoxy) is 1. The molecule has 1 aliphatic rings. The molecule has 2 atom stereocenters. The fraction of sp³-hybridized carbons (Fsp3) is 0.818. The highest BCUT2D eigenvalue weighted by molar-refractivity contribution is 5.09. The summed E-state index contributed by atoms with van der Waals surface area (Å²) in [6.45, 7) is 5.32. The highest BCUT2D eigenvalue weighted by Crippen LogP contribution is 2.21. The van der Waals surface area contributed by atoms with Crippen molar-refractivity contribution in [1.82, 2.24) is 5.43 Å². The first kappa shape index (κ1) is 11.5. The Hall–Kier alpha value is -0.540. The maximum absolute atomic E-state index is 5.56. The van der Waals surface area contributed by atoms with E-state index in [2.05, 4.69) is 19.3 Å². The molecule has 0 fully saturated rings. The molecule has 0 aromatic carbocycles. The Kier molecular flexibility index (Phi) is 4.98. The molecule has 3 heteroatoms. The minimum absolute atomic E-state index is 0.297. The normalized spacial score (nSPS) is 20.9. The van der Waals surface area contributed by atoms with E-state index >= 15 is 0 Å². The van der Waals surface area contributed by atoms with E-state index in [1.807, 2.05) is 6.26 Å². The Labute approximate surface area is 86.7 Å².